The van der Waals surface area contributed by atoms with Crippen LogP contribution in [0, 0.1) is 6.92 Å². The summed E-state index contributed by atoms with van der Waals surface area (Å²) >= 11 is 0. The number of aliphatic hydroxyl groups is 1. The zero-order valence-electron chi connectivity index (χ0n) is 19.2. The van der Waals surface area contributed by atoms with Gasteiger partial charge in [-0.15, -0.1) is 0 Å². The van der Waals surface area contributed by atoms with E-state index < -0.39 is 5.60 Å². The van der Waals surface area contributed by atoms with E-state index >= 15 is 0 Å². The first-order valence-electron chi connectivity index (χ1n) is 11.4. The number of benzene rings is 1. The maximum atomic E-state index is 13.1. The second-order valence-corrected chi connectivity index (χ2v) is 9.24. The van der Waals surface area contributed by atoms with Gasteiger partial charge in [-0.05, 0) is 31.4 Å². The lowest BCUT2D eigenvalue weighted by atomic mass is 9.82. The van der Waals surface area contributed by atoms with Crippen molar-refractivity contribution < 1.29 is 9.90 Å². The van der Waals surface area contributed by atoms with Crippen LogP contribution in [0.2, 0.25) is 0 Å². The molecule has 4 rings (SSSR count). The maximum Gasteiger partial charge on any atom is 0.223 e. The van der Waals surface area contributed by atoms with Gasteiger partial charge in [0.1, 0.15) is 11.6 Å². The molecule has 1 amide bonds. The minimum Gasteiger partial charge on any atom is -0.389 e. The molecule has 1 atom stereocenters. The average Bonchev–Trinajstić information content (AvgIpc) is 3.16. The van der Waals surface area contributed by atoms with Gasteiger partial charge in [-0.2, -0.15) is 0 Å². The molecule has 0 bridgehead atoms. The maximum absolute atomic E-state index is 13.1. The highest BCUT2D eigenvalue weighted by atomic mass is 16.3. The Labute approximate surface area is 189 Å². The number of aryl methyl sites for hydroxylation is 1. The third-order valence-electron chi connectivity index (χ3n) is 6.37. The predicted molar refractivity (Wildman–Crippen MR) is 127 cm³/mol. The Morgan fingerprint density at radius 2 is 1.97 bits per heavy atom. The summed E-state index contributed by atoms with van der Waals surface area (Å²) in [7, 11) is 3.88. The third kappa shape index (κ3) is 5.10. The minimum absolute atomic E-state index is 0.127. The lowest BCUT2D eigenvalue weighted by molar-refractivity contribution is -0.128. The van der Waals surface area contributed by atoms with Gasteiger partial charge in [-0.3, -0.25) is 4.79 Å². The van der Waals surface area contributed by atoms with Gasteiger partial charge in [0.2, 0.25) is 5.91 Å². The third-order valence-corrected chi connectivity index (χ3v) is 6.37. The average molecular weight is 436 g/mol. The van der Waals surface area contributed by atoms with Crippen LogP contribution in [0.4, 0.5) is 5.82 Å². The van der Waals surface area contributed by atoms with E-state index in [0.717, 1.165) is 47.2 Å². The Morgan fingerprint density at radius 3 is 2.72 bits per heavy atom. The second kappa shape index (κ2) is 9.28. The van der Waals surface area contributed by atoms with Gasteiger partial charge in [0.05, 0.1) is 23.8 Å². The van der Waals surface area contributed by atoms with Crippen molar-refractivity contribution in [3.8, 4) is 0 Å². The first-order chi connectivity index (χ1) is 15.3. The molecule has 1 aliphatic carbocycles. The quantitative estimate of drug-likeness (QED) is 0.525. The summed E-state index contributed by atoms with van der Waals surface area (Å²) in [6, 6.07) is 9.76. The van der Waals surface area contributed by atoms with Gasteiger partial charge in [0.25, 0.3) is 0 Å². The molecule has 0 aliphatic heterocycles. The summed E-state index contributed by atoms with van der Waals surface area (Å²) in [5, 5.41) is 15.2. The first kappa shape index (κ1) is 22.3. The Bertz CT molecular complexity index is 1080. The first-order valence-corrected chi connectivity index (χ1v) is 11.4. The van der Waals surface area contributed by atoms with E-state index in [1.165, 1.54) is 0 Å². The molecule has 3 N–H and O–H groups in total. The van der Waals surface area contributed by atoms with Crippen molar-refractivity contribution in [3.63, 3.8) is 0 Å². The highest BCUT2D eigenvalue weighted by Gasteiger charge is 2.32. The number of carbonyl (C=O) groups is 1. The highest BCUT2D eigenvalue weighted by molar-refractivity contribution is 5.83. The van der Waals surface area contributed by atoms with Gasteiger partial charge >= 0.3 is 0 Å². The number of anilines is 1. The van der Waals surface area contributed by atoms with Crippen LogP contribution in [0.1, 0.15) is 61.6 Å². The molecular formula is C25H33N5O2. The largest absolute Gasteiger partial charge is 0.389 e. The molecule has 7 nitrogen and oxygen atoms in total. The molecule has 32 heavy (non-hydrogen) atoms. The summed E-state index contributed by atoms with van der Waals surface area (Å²) in [6.07, 6.45) is 7.16. The second-order valence-electron chi connectivity index (χ2n) is 9.24. The normalized spacial score (nSPS) is 16.6. The van der Waals surface area contributed by atoms with Crippen molar-refractivity contribution in [1.82, 2.24) is 20.3 Å². The molecule has 0 saturated heterocycles. The van der Waals surface area contributed by atoms with Crippen molar-refractivity contribution in [2.75, 3.05) is 19.0 Å². The van der Waals surface area contributed by atoms with Crippen molar-refractivity contribution in [2.24, 2.45) is 0 Å². The fourth-order valence-electron chi connectivity index (χ4n) is 4.66. The van der Waals surface area contributed by atoms with Crippen molar-refractivity contribution in [3.05, 3.63) is 53.6 Å². The van der Waals surface area contributed by atoms with E-state index in [2.05, 4.69) is 26.3 Å². The number of aromatic amines is 1. The summed E-state index contributed by atoms with van der Waals surface area (Å²) in [5.74, 6) is 1.33. The van der Waals surface area contributed by atoms with Crippen LogP contribution in [-0.2, 0) is 11.2 Å². The van der Waals surface area contributed by atoms with Crippen LogP contribution in [0.25, 0.3) is 10.9 Å². The zero-order chi connectivity index (χ0) is 22.7. The van der Waals surface area contributed by atoms with Crippen molar-refractivity contribution in [1.29, 1.82) is 0 Å². The van der Waals surface area contributed by atoms with E-state index in [4.69, 9.17) is 0 Å². The number of carbonyl (C=O) groups excluding carboxylic acids is 1. The lowest BCUT2D eigenvalue weighted by Gasteiger charge is -2.32. The zero-order valence-corrected chi connectivity index (χ0v) is 19.2. The minimum atomic E-state index is -0.899. The van der Waals surface area contributed by atoms with Gasteiger partial charge in [-0.1, -0.05) is 37.5 Å². The number of nitrogens with one attached hydrogen (secondary N) is 2. The number of hydrogen-bond donors (Lipinski definition) is 3. The van der Waals surface area contributed by atoms with Crippen molar-refractivity contribution >= 4 is 22.6 Å². The molecule has 2 heterocycles. The Kier molecular flexibility index (Phi) is 6.46. The number of amides is 1. The molecule has 7 heteroatoms. The summed E-state index contributed by atoms with van der Waals surface area (Å²) < 4.78 is 0. The fourth-order valence-corrected chi connectivity index (χ4v) is 4.66. The van der Waals surface area contributed by atoms with Crippen LogP contribution in [-0.4, -0.2) is 45.7 Å². The number of nitrogens with zero attached hydrogens (tertiary/aromatic N) is 3. The van der Waals surface area contributed by atoms with E-state index in [0.29, 0.717) is 25.1 Å². The number of para-hydroxylation sites is 1. The lowest BCUT2D eigenvalue weighted by Crippen LogP contribution is -2.40. The molecule has 3 aromatic rings. The number of aromatic nitrogens is 3. The van der Waals surface area contributed by atoms with Crippen LogP contribution in [0.3, 0.4) is 0 Å². The smallest absolute Gasteiger partial charge is 0.223 e. The topological polar surface area (TPSA) is 94.1 Å². The molecule has 0 unspecified atom stereocenters. The Morgan fingerprint density at radius 1 is 1.22 bits per heavy atom. The summed E-state index contributed by atoms with van der Waals surface area (Å²) in [6.45, 7) is 1.87. The van der Waals surface area contributed by atoms with Crippen molar-refractivity contribution in [2.45, 2.75) is 63.5 Å². The van der Waals surface area contributed by atoms with Crippen LogP contribution < -0.4 is 10.2 Å². The molecule has 1 fully saturated rings. The number of hydrogen-bond acceptors (Lipinski definition) is 5. The summed E-state index contributed by atoms with van der Waals surface area (Å²) in [4.78, 5) is 27.5. The molecule has 1 aromatic carbocycles. The standard InChI is InChI=1S/C25H33N5O2/c1-17-27-22(14-23(28-17)30(2)3)21(13-18-16-26-20-10-6-5-9-19(18)20)29-24(31)15-25(32)11-7-4-8-12-25/h5-6,9-10,14,16,21,26,32H,4,7-8,11-13,15H2,1-3H3,(H,29,31)/t21-/m1/s1. The number of H-pyrrole nitrogens is 1. The number of rotatable bonds is 7. The molecule has 2 aromatic heterocycles. The number of fused-ring (bicyclic) bond motifs is 1. The van der Waals surface area contributed by atoms with Gasteiger partial charge < -0.3 is 20.3 Å². The summed E-state index contributed by atoms with van der Waals surface area (Å²) in [5.41, 5.74) is 2.06. The fraction of sp³-hybridized carbons (Fsp3) is 0.480. The predicted octanol–water partition coefficient (Wildman–Crippen LogP) is 3.82. The molecule has 1 aliphatic rings. The highest BCUT2D eigenvalue weighted by Crippen LogP contribution is 2.31. The van der Waals surface area contributed by atoms with Gasteiger partial charge in [-0.25, -0.2) is 9.97 Å². The van der Waals surface area contributed by atoms with E-state index in [1.807, 2.05) is 56.4 Å². The van der Waals surface area contributed by atoms with Crippen LogP contribution in [0.5, 0.6) is 0 Å². The van der Waals surface area contributed by atoms with Crippen LogP contribution in [0.15, 0.2) is 36.5 Å². The van der Waals surface area contributed by atoms with Crippen LogP contribution >= 0.6 is 0 Å². The van der Waals surface area contributed by atoms with E-state index in [1.54, 1.807) is 0 Å². The molecule has 1 saturated carbocycles. The van der Waals surface area contributed by atoms with E-state index in [-0.39, 0.29) is 18.4 Å². The SMILES string of the molecule is Cc1nc([C@@H](Cc2c[nH]c3ccccc23)NC(=O)CC2(O)CCCCC2)cc(N(C)C)n1. The van der Waals surface area contributed by atoms with Gasteiger partial charge in [0.15, 0.2) is 0 Å². The van der Waals surface area contributed by atoms with Gasteiger partial charge in [0, 0.05) is 43.7 Å². The molecule has 0 radical (unpaired) electrons. The van der Waals surface area contributed by atoms with E-state index in [9.17, 15) is 9.90 Å². The Hall–Kier alpha value is -2.93. The Balaban J connectivity index is 1.62. The monoisotopic (exact) mass is 435 g/mol. The molecule has 170 valence electrons. The molecule has 0 spiro atoms. The molecular weight excluding hydrogens is 402 g/mol.